The first-order chi connectivity index (χ1) is 8.38. The summed E-state index contributed by atoms with van der Waals surface area (Å²) in [5.41, 5.74) is 0. The molecule has 0 spiro atoms. The average molecular weight is 363 g/mol. The van der Waals surface area contributed by atoms with E-state index in [4.69, 9.17) is 0 Å². The third-order valence-electron chi connectivity index (χ3n) is 3.14. The van der Waals surface area contributed by atoms with Crippen LogP contribution in [0.3, 0.4) is 0 Å². The Hall–Kier alpha value is -0.790. The quantitative estimate of drug-likeness (QED) is 0.486. The summed E-state index contributed by atoms with van der Waals surface area (Å²) in [6.07, 6.45) is 10.8. The number of halogens is 1. The van der Waals surface area contributed by atoms with Crippen LogP contribution in [-0.2, 0) is 6.54 Å². The lowest BCUT2D eigenvalue weighted by Crippen LogP contribution is -2.43. The summed E-state index contributed by atoms with van der Waals surface area (Å²) in [5, 5.41) is 6.78. The zero-order chi connectivity index (χ0) is 11.9. The van der Waals surface area contributed by atoms with Crippen molar-refractivity contribution in [1.29, 1.82) is 0 Å². The van der Waals surface area contributed by atoms with Crippen LogP contribution in [0.25, 0.3) is 0 Å². The van der Waals surface area contributed by atoms with Crippen LogP contribution < -0.4 is 10.6 Å². The zero-order valence-electron chi connectivity index (χ0n) is 10.8. The monoisotopic (exact) mass is 363 g/mol. The Labute approximate surface area is 125 Å². The molecule has 0 atom stereocenters. The van der Waals surface area contributed by atoms with Crippen molar-refractivity contribution in [1.82, 2.24) is 20.2 Å². The van der Waals surface area contributed by atoms with Gasteiger partial charge < -0.3 is 15.2 Å². The van der Waals surface area contributed by atoms with Gasteiger partial charge in [0.2, 0.25) is 0 Å². The van der Waals surface area contributed by atoms with E-state index in [2.05, 4.69) is 25.2 Å². The highest BCUT2D eigenvalue weighted by Gasteiger charge is 2.15. The Balaban J connectivity index is 0.00000162. The fraction of sp³-hybridized carbons (Fsp3) is 0.667. The van der Waals surface area contributed by atoms with Crippen molar-refractivity contribution >= 4 is 29.9 Å². The fourth-order valence-electron chi connectivity index (χ4n) is 2.18. The molecule has 0 saturated heterocycles. The summed E-state index contributed by atoms with van der Waals surface area (Å²) in [5.74, 6) is 0.914. The van der Waals surface area contributed by atoms with Gasteiger partial charge in [0.1, 0.15) is 0 Å². The van der Waals surface area contributed by atoms with E-state index < -0.39 is 0 Å². The smallest absolute Gasteiger partial charge is 0.191 e. The maximum absolute atomic E-state index is 4.24. The molecule has 1 aromatic rings. The molecule has 0 aliphatic heterocycles. The Bertz CT molecular complexity index is 343. The van der Waals surface area contributed by atoms with E-state index in [9.17, 15) is 0 Å². The average Bonchev–Trinajstić information content (AvgIpc) is 3.00. The molecular weight excluding hydrogens is 341 g/mol. The molecule has 1 heterocycles. The molecule has 0 bridgehead atoms. The lowest BCUT2D eigenvalue weighted by Gasteiger charge is -2.16. The van der Waals surface area contributed by atoms with E-state index in [1.54, 1.807) is 6.20 Å². The predicted molar refractivity (Wildman–Crippen MR) is 84.4 cm³/mol. The maximum Gasteiger partial charge on any atom is 0.191 e. The second-order valence-electron chi connectivity index (χ2n) is 4.43. The molecule has 1 aromatic heterocycles. The van der Waals surface area contributed by atoms with E-state index >= 15 is 0 Å². The molecule has 1 aliphatic rings. The normalized spacial score (nSPS) is 16.4. The summed E-state index contributed by atoms with van der Waals surface area (Å²) in [6.45, 7) is 1.77. The van der Waals surface area contributed by atoms with E-state index in [1.165, 1.54) is 25.7 Å². The molecule has 1 aliphatic carbocycles. The molecule has 0 aromatic carbocycles. The molecule has 102 valence electrons. The van der Waals surface area contributed by atoms with E-state index in [0.29, 0.717) is 6.04 Å². The van der Waals surface area contributed by atoms with Crippen LogP contribution in [0.15, 0.2) is 23.7 Å². The largest absolute Gasteiger partial charge is 0.355 e. The van der Waals surface area contributed by atoms with Gasteiger partial charge in [-0.3, -0.25) is 4.99 Å². The Kier molecular flexibility index (Phi) is 7.07. The lowest BCUT2D eigenvalue weighted by molar-refractivity contribution is 0.601. The zero-order valence-corrected chi connectivity index (χ0v) is 13.1. The Morgan fingerprint density at radius 2 is 2.22 bits per heavy atom. The topological polar surface area (TPSA) is 54.2 Å². The van der Waals surface area contributed by atoms with Crippen LogP contribution in [0.4, 0.5) is 0 Å². The maximum atomic E-state index is 4.24. The minimum atomic E-state index is 0. The molecule has 6 heteroatoms. The third kappa shape index (κ3) is 4.83. The molecule has 1 saturated carbocycles. The highest BCUT2D eigenvalue weighted by atomic mass is 127. The second kappa shape index (κ2) is 8.34. The van der Waals surface area contributed by atoms with Gasteiger partial charge in [-0.2, -0.15) is 0 Å². The van der Waals surface area contributed by atoms with E-state index in [-0.39, 0.29) is 24.0 Å². The van der Waals surface area contributed by atoms with Crippen molar-refractivity contribution in [3.05, 3.63) is 18.7 Å². The number of guanidine groups is 1. The Morgan fingerprint density at radius 1 is 1.44 bits per heavy atom. The summed E-state index contributed by atoms with van der Waals surface area (Å²) in [4.78, 5) is 8.25. The Morgan fingerprint density at radius 3 is 2.83 bits per heavy atom. The van der Waals surface area contributed by atoms with Crippen molar-refractivity contribution in [3.63, 3.8) is 0 Å². The van der Waals surface area contributed by atoms with Crippen molar-refractivity contribution in [2.24, 2.45) is 4.99 Å². The van der Waals surface area contributed by atoms with Crippen molar-refractivity contribution in [2.45, 2.75) is 38.3 Å². The highest BCUT2D eigenvalue weighted by molar-refractivity contribution is 14.0. The van der Waals surface area contributed by atoms with Crippen molar-refractivity contribution in [2.75, 3.05) is 13.6 Å². The van der Waals surface area contributed by atoms with Gasteiger partial charge in [0.05, 0.1) is 6.33 Å². The van der Waals surface area contributed by atoms with Gasteiger partial charge in [0, 0.05) is 38.6 Å². The molecular formula is C12H22IN5. The van der Waals surface area contributed by atoms with Crippen molar-refractivity contribution in [3.8, 4) is 0 Å². The first-order valence-electron chi connectivity index (χ1n) is 6.31. The molecule has 2 N–H and O–H groups in total. The second-order valence-corrected chi connectivity index (χ2v) is 4.43. The van der Waals surface area contributed by atoms with Crippen LogP contribution in [-0.4, -0.2) is 35.1 Å². The number of hydrogen-bond donors (Lipinski definition) is 2. The first-order valence-corrected chi connectivity index (χ1v) is 6.31. The summed E-state index contributed by atoms with van der Waals surface area (Å²) < 4.78 is 2.05. The van der Waals surface area contributed by atoms with Gasteiger partial charge in [-0.1, -0.05) is 12.8 Å². The molecule has 5 nitrogen and oxygen atoms in total. The molecule has 18 heavy (non-hydrogen) atoms. The van der Waals surface area contributed by atoms with Gasteiger partial charge in [-0.15, -0.1) is 24.0 Å². The van der Waals surface area contributed by atoms with E-state index in [1.807, 2.05) is 19.6 Å². The van der Waals surface area contributed by atoms with Gasteiger partial charge >= 0.3 is 0 Å². The van der Waals surface area contributed by atoms with Crippen molar-refractivity contribution < 1.29 is 0 Å². The summed E-state index contributed by atoms with van der Waals surface area (Å²) in [6, 6.07) is 0.606. The van der Waals surface area contributed by atoms with Crippen LogP contribution >= 0.6 is 24.0 Å². The minimum absolute atomic E-state index is 0. The van der Waals surface area contributed by atoms with Crippen LogP contribution in [0.2, 0.25) is 0 Å². The number of nitrogens with zero attached hydrogens (tertiary/aromatic N) is 3. The fourth-order valence-corrected chi connectivity index (χ4v) is 2.18. The first kappa shape index (κ1) is 15.3. The number of nitrogens with one attached hydrogen (secondary N) is 2. The highest BCUT2D eigenvalue weighted by Crippen LogP contribution is 2.17. The predicted octanol–water partition coefficient (Wildman–Crippen LogP) is 1.61. The molecule has 2 rings (SSSR count). The number of imidazole rings is 1. The third-order valence-corrected chi connectivity index (χ3v) is 3.14. The number of aromatic nitrogens is 2. The van der Waals surface area contributed by atoms with Crippen LogP contribution in [0, 0.1) is 0 Å². The molecule has 0 amide bonds. The van der Waals surface area contributed by atoms with E-state index in [0.717, 1.165) is 19.0 Å². The summed E-state index contributed by atoms with van der Waals surface area (Å²) >= 11 is 0. The number of hydrogen-bond acceptors (Lipinski definition) is 2. The van der Waals surface area contributed by atoms with Crippen LogP contribution in [0.1, 0.15) is 25.7 Å². The molecule has 0 radical (unpaired) electrons. The van der Waals surface area contributed by atoms with Gasteiger partial charge in [0.25, 0.3) is 0 Å². The summed E-state index contributed by atoms with van der Waals surface area (Å²) in [7, 11) is 1.82. The van der Waals surface area contributed by atoms with Crippen LogP contribution in [0.5, 0.6) is 0 Å². The van der Waals surface area contributed by atoms with Gasteiger partial charge in [-0.25, -0.2) is 4.98 Å². The van der Waals surface area contributed by atoms with Gasteiger partial charge in [0.15, 0.2) is 5.96 Å². The number of rotatable bonds is 4. The standard InChI is InChI=1S/C12H21N5.HI/c1-13-12(16-11-4-2-3-5-11)15-7-9-17-8-6-14-10-17;/h6,8,10-11H,2-5,7,9H2,1H3,(H2,13,15,16);1H. The minimum Gasteiger partial charge on any atom is -0.355 e. The van der Waals surface area contributed by atoms with Gasteiger partial charge in [-0.05, 0) is 12.8 Å². The molecule has 0 unspecified atom stereocenters. The number of aliphatic imine (C=N–C) groups is 1. The lowest BCUT2D eigenvalue weighted by atomic mass is 10.2. The molecule has 1 fully saturated rings. The SMILES string of the molecule is CN=C(NCCn1ccnc1)NC1CCCC1.I.